The Labute approximate surface area is 220 Å². The molecule has 1 aliphatic heterocycles. The van der Waals surface area contributed by atoms with E-state index in [-0.39, 0.29) is 34.0 Å². The van der Waals surface area contributed by atoms with Crippen LogP contribution < -0.4 is 20.5 Å². The van der Waals surface area contributed by atoms with E-state index < -0.39 is 17.3 Å². The third-order valence-electron chi connectivity index (χ3n) is 7.50. The highest BCUT2D eigenvalue weighted by atomic mass is 35.5. The summed E-state index contributed by atoms with van der Waals surface area (Å²) in [4.78, 5) is 12.3. The number of ether oxygens (including phenoxy) is 2. The minimum atomic E-state index is -0.776. The summed E-state index contributed by atoms with van der Waals surface area (Å²) < 4.78 is 27.6. The van der Waals surface area contributed by atoms with Gasteiger partial charge in [0.1, 0.15) is 5.75 Å². The summed E-state index contributed by atoms with van der Waals surface area (Å²) in [6.45, 7) is 0.507. The minimum Gasteiger partial charge on any atom is -0.494 e. The van der Waals surface area contributed by atoms with E-state index in [1.807, 2.05) is 30.3 Å². The van der Waals surface area contributed by atoms with Crippen LogP contribution in [0.2, 0.25) is 5.02 Å². The van der Waals surface area contributed by atoms with E-state index in [4.69, 9.17) is 26.8 Å². The zero-order valence-electron chi connectivity index (χ0n) is 20.6. The lowest BCUT2D eigenvalue weighted by Gasteiger charge is -2.34. The van der Waals surface area contributed by atoms with Crippen molar-refractivity contribution in [2.75, 3.05) is 13.7 Å². The highest BCUT2D eigenvalue weighted by molar-refractivity contribution is 6.34. The molecule has 1 aliphatic carbocycles. The molecule has 6 nitrogen and oxygen atoms in total. The predicted octanol–water partition coefficient (Wildman–Crippen LogP) is 4.98. The molecule has 3 aromatic carbocycles. The van der Waals surface area contributed by atoms with Gasteiger partial charge in [0.2, 0.25) is 5.91 Å². The van der Waals surface area contributed by atoms with Crippen LogP contribution in [0.1, 0.15) is 47.2 Å². The van der Waals surface area contributed by atoms with Gasteiger partial charge in [-0.1, -0.05) is 41.9 Å². The number of rotatable bonds is 7. The fourth-order valence-electron chi connectivity index (χ4n) is 5.53. The molecule has 5 rings (SSSR count). The number of primary amides is 1. The maximum Gasteiger partial charge on any atom is 0.249 e. The van der Waals surface area contributed by atoms with Gasteiger partial charge < -0.3 is 25.6 Å². The van der Waals surface area contributed by atoms with E-state index in [0.717, 1.165) is 31.2 Å². The largest absolute Gasteiger partial charge is 0.494 e. The van der Waals surface area contributed by atoms with Gasteiger partial charge in [0.15, 0.2) is 17.2 Å². The molecule has 37 heavy (non-hydrogen) atoms. The molecule has 1 atom stereocenters. The fourth-order valence-corrected chi connectivity index (χ4v) is 5.80. The van der Waals surface area contributed by atoms with E-state index in [2.05, 4.69) is 5.32 Å². The lowest BCUT2D eigenvalue weighted by Crippen LogP contribution is -2.46. The first-order chi connectivity index (χ1) is 17.8. The Morgan fingerprint density at radius 3 is 2.54 bits per heavy atom. The molecule has 3 aromatic rings. The number of aliphatic hydroxyl groups excluding tert-OH is 1. The summed E-state index contributed by atoms with van der Waals surface area (Å²) in [6.07, 6.45) is 3.46. The Hall–Kier alpha value is -3.13. The SMILES string of the molecule is COc1ccc(C(N)=O)c(-c2c(Cl)ccc3c2C[C@@](CNC2CCC(O)CC2)(c2ccccc2)O3)c1F. The molecule has 0 unspecified atom stereocenters. The zero-order valence-corrected chi connectivity index (χ0v) is 21.4. The standard InChI is InChI=1S/C29H30ClFN2O4/c1-36-24-13-11-20(28(32)35)26(27(24)31)25-21-15-29(17-5-3-2-4-6-17,37-23(21)14-12-22(25)30)16-33-18-7-9-19(34)10-8-18/h2-6,11-14,18-19,33-34H,7-10,15-16H2,1H3,(H2,32,35)/t18?,19?,29-/m1/s1. The monoisotopic (exact) mass is 524 g/mol. The van der Waals surface area contributed by atoms with Crippen LogP contribution >= 0.6 is 11.6 Å². The third-order valence-corrected chi connectivity index (χ3v) is 7.82. The number of carbonyl (C=O) groups excluding carboxylic acids is 1. The van der Waals surface area contributed by atoms with Crippen LogP contribution in [0, 0.1) is 5.82 Å². The first-order valence-electron chi connectivity index (χ1n) is 12.5. The van der Waals surface area contributed by atoms with Crippen LogP contribution in [0.3, 0.4) is 0 Å². The second-order valence-corrected chi connectivity index (χ2v) is 10.2. The molecule has 8 heteroatoms. The zero-order chi connectivity index (χ0) is 26.2. The Balaban J connectivity index is 1.59. The molecular weight excluding hydrogens is 495 g/mol. The summed E-state index contributed by atoms with van der Waals surface area (Å²) in [5, 5.41) is 13.8. The van der Waals surface area contributed by atoms with E-state index in [1.165, 1.54) is 19.2 Å². The highest BCUT2D eigenvalue weighted by Gasteiger charge is 2.43. The summed E-state index contributed by atoms with van der Waals surface area (Å²) in [7, 11) is 1.36. The van der Waals surface area contributed by atoms with Gasteiger partial charge in [-0.25, -0.2) is 4.39 Å². The van der Waals surface area contributed by atoms with Gasteiger partial charge in [-0.2, -0.15) is 0 Å². The lowest BCUT2D eigenvalue weighted by molar-refractivity contribution is 0.0762. The van der Waals surface area contributed by atoms with Crippen LogP contribution in [0.15, 0.2) is 54.6 Å². The Morgan fingerprint density at radius 2 is 1.86 bits per heavy atom. The molecule has 0 aromatic heterocycles. The number of amides is 1. The number of carbonyl (C=O) groups is 1. The maximum atomic E-state index is 15.7. The average molecular weight is 525 g/mol. The van der Waals surface area contributed by atoms with Crippen molar-refractivity contribution in [1.29, 1.82) is 0 Å². The van der Waals surface area contributed by atoms with Gasteiger partial charge in [0, 0.05) is 40.7 Å². The van der Waals surface area contributed by atoms with Crippen molar-refractivity contribution in [3.8, 4) is 22.6 Å². The summed E-state index contributed by atoms with van der Waals surface area (Å²) in [5.74, 6) is -0.908. The van der Waals surface area contributed by atoms with Gasteiger partial charge >= 0.3 is 0 Å². The predicted molar refractivity (Wildman–Crippen MR) is 141 cm³/mol. The number of nitrogens with one attached hydrogen (secondary N) is 1. The fraction of sp³-hybridized carbons (Fsp3) is 0.345. The van der Waals surface area contributed by atoms with Crippen molar-refractivity contribution < 1.29 is 23.8 Å². The molecule has 1 fully saturated rings. The number of benzene rings is 3. The molecule has 1 saturated carbocycles. The molecule has 0 saturated heterocycles. The molecule has 0 bridgehead atoms. The molecule has 194 valence electrons. The average Bonchev–Trinajstić information content (AvgIpc) is 3.29. The number of aliphatic hydroxyl groups is 1. The molecule has 1 amide bonds. The van der Waals surface area contributed by atoms with Crippen molar-refractivity contribution in [3.05, 3.63) is 82.1 Å². The van der Waals surface area contributed by atoms with Crippen molar-refractivity contribution >= 4 is 17.5 Å². The second-order valence-electron chi connectivity index (χ2n) is 9.79. The summed E-state index contributed by atoms with van der Waals surface area (Å²) in [6, 6.07) is 16.4. The number of hydrogen-bond acceptors (Lipinski definition) is 5. The van der Waals surface area contributed by atoms with Gasteiger partial charge in [0.25, 0.3) is 0 Å². The summed E-state index contributed by atoms with van der Waals surface area (Å²) >= 11 is 6.68. The van der Waals surface area contributed by atoms with Gasteiger partial charge in [-0.05, 0) is 55.5 Å². The summed E-state index contributed by atoms with van der Waals surface area (Å²) in [5.41, 5.74) is 6.94. The molecule has 0 spiro atoms. The van der Waals surface area contributed by atoms with Crippen molar-refractivity contribution in [1.82, 2.24) is 5.32 Å². The number of halogens is 2. The number of hydrogen-bond donors (Lipinski definition) is 3. The normalized spacial score (nSPS) is 22.8. The van der Waals surface area contributed by atoms with Crippen LogP contribution in [-0.2, 0) is 12.0 Å². The number of methoxy groups -OCH3 is 1. The third kappa shape index (κ3) is 4.79. The topological polar surface area (TPSA) is 93.8 Å². The van der Waals surface area contributed by atoms with E-state index in [1.54, 1.807) is 12.1 Å². The number of nitrogens with two attached hydrogens (primary N) is 1. The molecule has 4 N–H and O–H groups in total. The van der Waals surface area contributed by atoms with Crippen LogP contribution in [0.25, 0.3) is 11.1 Å². The number of fused-ring (bicyclic) bond motifs is 1. The first-order valence-corrected chi connectivity index (χ1v) is 12.8. The Morgan fingerprint density at radius 1 is 1.14 bits per heavy atom. The molecule has 0 radical (unpaired) electrons. The van der Waals surface area contributed by atoms with Crippen molar-refractivity contribution in [2.24, 2.45) is 5.73 Å². The second kappa shape index (κ2) is 10.3. The Bertz CT molecular complexity index is 1310. The quantitative estimate of drug-likeness (QED) is 0.405. The van der Waals surface area contributed by atoms with Gasteiger partial charge in [0.05, 0.1) is 18.8 Å². The maximum absolute atomic E-state index is 15.7. The van der Waals surface area contributed by atoms with Crippen molar-refractivity contribution in [3.63, 3.8) is 0 Å². The minimum absolute atomic E-state index is 0.00962. The van der Waals surface area contributed by atoms with Crippen LogP contribution in [-0.4, -0.2) is 36.8 Å². The van der Waals surface area contributed by atoms with Gasteiger partial charge in [-0.3, -0.25) is 4.79 Å². The van der Waals surface area contributed by atoms with E-state index in [0.29, 0.717) is 29.8 Å². The first kappa shape index (κ1) is 25.5. The smallest absolute Gasteiger partial charge is 0.249 e. The van der Waals surface area contributed by atoms with Crippen LogP contribution in [0.5, 0.6) is 11.5 Å². The van der Waals surface area contributed by atoms with Crippen LogP contribution in [0.4, 0.5) is 4.39 Å². The molecular formula is C29H30ClFN2O4. The Kier molecular flexibility index (Phi) is 7.12. The van der Waals surface area contributed by atoms with E-state index in [9.17, 15) is 9.90 Å². The highest BCUT2D eigenvalue weighted by Crippen LogP contribution is 2.49. The van der Waals surface area contributed by atoms with Crippen molar-refractivity contribution in [2.45, 2.75) is 49.9 Å². The van der Waals surface area contributed by atoms with E-state index >= 15 is 4.39 Å². The molecule has 1 heterocycles. The molecule has 2 aliphatic rings. The van der Waals surface area contributed by atoms with Gasteiger partial charge in [-0.15, -0.1) is 0 Å². The lowest BCUT2D eigenvalue weighted by atomic mass is 9.84.